The first-order chi connectivity index (χ1) is 12.0. The van der Waals surface area contributed by atoms with Crippen LogP contribution in [0.4, 0.5) is 11.4 Å². The third kappa shape index (κ3) is 3.49. The van der Waals surface area contributed by atoms with Crippen molar-refractivity contribution in [3.63, 3.8) is 0 Å². The largest absolute Gasteiger partial charge is 0.392 e. The van der Waals surface area contributed by atoms with E-state index in [-0.39, 0.29) is 11.8 Å². The van der Waals surface area contributed by atoms with Crippen LogP contribution in [-0.2, 0) is 7.05 Å². The third-order valence-corrected chi connectivity index (χ3v) is 4.71. The second-order valence-electron chi connectivity index (χ2n) is 6.31. The summed E-state index contributed by atoms with van der Waals surface area (Å²) in [6, 6.07) is 9.67. The number of benzene rings is 1. The van der Waals surface area contributed by atoms with Gasteiger partial charge in [0.05, 0.1) is 29.9 Å². The summed E-state index contributed by atoms with van der Waals surface area (Å²) in [7, 11) is 1.80. The predicted octanol–water partition coefficient (Wildman–Crippen LogP) is 1.69. The molecular weight excluding hydrogens is 318 g/mol. The number of nitrogens with one attached hydrogen (secondary N) is 1. The number of hydrogen-bond acceptors (Lipinski definition) is 5. The molecule has 2 N–H and O–H groups in total. The molecule has 1 amide bonds. The maximum absolute atomic E-state index is 12.3. The highest BCUT2D eigenvalue weighted by molar-refractivity contribution is 6.04. The Morgan fingerprint density at radius 3 is 2.72 bits per heavy atom. The number of aromatic nitrogens is 2. The van der Waals surface area contributed by atoms with Gasteiger partial charge in [-0.25, -0.2) is 0 Å². The summed E-state index contributed by atoms with van der Waals surface area (Å²) in [4.78, 5) is 14.4. The highest BCUT2D eigenvalue weighted by Gasteiger charge is 2.27. The molecule has 1 aromatic heterocycles. The zero-order chi connectivity index (χ0) is 18.0. The van der Waals surface area contributed by atoms with Crippen LogP contribution >= 0.6 is 0 Å². The summed E-state index contributed by atoms with van der Waals surface area (Å²) >= 11 is 0. The molecule has 2 heterocycles. The molecule has 2 atom stereocenters. The smallest absolute Gasteiger partial charge is 0.259 e. The number of aliphatic hydroxyl groups excluding tert-OH is 1. The number of rotatable bonds is 3. The van der Waals surface area contributed by atoms with Crippen LogP contribution in [0, 0.1) is 24.2 Å². The first-order valence-corrected chi connectivity index (χ1v) is 8.22. The van der Waals surface area contributed by atoms with Gasteiger partial charge in [0.25, 0.3) is 5.91 Å². The van der Waals surface area contributed by atoms with Gasteiger partial charge in [0.15, 0.2) is 0 Å². The third-order valence-electron chi connectivity index (χ3n) is 4.71. The summed E-state index contributed by atoms with van der Waals surface area (Å²) in [5.74, 6) is -0.564. The summed E-state index contributed by atoms with van der Waals surface area (Å²) in [6.07, 6.45) is 1.58. The molecule has 3 rings (SSSR count). The second-order valence-corrected chi connectivity index (χ2v) is 6.31. The number of anilines is 2. The predicted molar refractivity (Wildman–Crippen MR) is 94.3 cm³/mol. The van der Waals surface area contributed by atoms with Gasteiger partial charge in [0.1, 0.15) is 0 Å². The lowest BCUT2D eigenvalue weighted by atomic mass is 9.96. The molecule has 2 unspecified atom stereocenters. The van der Waals surface area contributed by atoms with Gasteiger partial charge in [-0.2, -0.15) is 10.4 Å². The first-order valence-electron chi connectivity index (χ1n) is 8.22. The molecule has 7 heteroatoms. The standard InChI is InChI=1S/C18H21N5O2/c1-12-16(10-20-22(12)2)18(25)21-14-3-5-15(6-4-14)23-8-7-17(24)13(9-19)11-23/h3-6,10,13,17,24H,7-8,11H2,1-2H3,(H,21,25). The van der Waals surface area contributed by atoms with Crippen molar-refractivity contribution in [3.05, 3.63) is 41.7 Å². The van der Waals surface area contributed by atoms with Crippen molar-refractivity contribution in [2.45, 2.75) is 19.4 Å². The van der Waals surface area contributed by atoms with E-state index in [2.05, 4.69) is 21.4 Å². The minimum Gasteiger partial charge on any atom is -0.392 e. The maximum Gasteiger partial charge on any atom is 0.259 e. The number of hydrogen-bond donors (Lipinski definition) is 2. The number of aryl methyl sites for hydroxylation is 1. The van der Waals surface area contributed by atoms with E-state index in [9.17, 15) is 9.90 Å². The molecule has 1 fully saturated rings. The lowest BCUT2D eigenvalue weighted by molar-refractivity contribution is 0.102. The highest BCUT2D eigenvalue weighted by Crippen LogP contribution is 2.25. The molecule has 1 aromatic carbocycles. The van der Waals surface area contributed by atoms with Crippen LogP contribution in [-0.4, -0.2) is 40.0 Å². The molecule has 0 bridgehead atoms. The van der Waals surface area contributed by atoms with Crippen LogP contribution < -0.4 is 10.2 Å². The molecule has 1 saturated heterocycles. The number of carbonyl (C=O) groups is 1. The molecular formula is C18H21N5O2. The number of carbonyl (C=O) groups excluding carboxylic acids is 1. The fourth-order valence-electron chi connectivity index (χ4n) is 2.98. The second kappa shape index (κ2) is 6.95. The Labute approximate surface area is 146 Å². The van der Waals surface area contributed by atoms with Crippen molar-refractivity contribution in [1.82, 2.24) is 9.78 Å². The van der Waals surface area contributed by atoms with Gasteiger partial charge in [0, 0.05) is 37.2 Å². The van der Waals surface area contributed by atoms with Crippen LogP contribution in [0.1, 0.15) is 22.5 Å². The molecule has 1 aliphatic heterocycles. The Hall–Kier alpha value is -2.85. The fourth-order valence-corrected chi connectivity index (χ4v) is 2.98. The van der Waals surface area contributed by atoms with Gasteiger partial charge >= 0.3 is 0 Å². The molecule has 25 heavy (non-hydrogen) atoms. The van der Waals surface area contributed by atoms with Gasteiger partial charge in [-0.05, 0) is 37.6 Å². The molecule has 130 valence electrons. The molecule has 2 aromatic rings. The quantitative estimate of drug-likeness (QED) is 0.887. The molecule has 0 saturated carbocycles. The minimum atomic E-state index is -0.553. The van der Waals surface area contributed by atoms with E-state index < -0.39 is 6.10 Å². The minimum absolute atomic E-state index is 0.191. The van der Waals surface area contributed by atoms with E-state index in [1.54, 1.807) is 17.9 Å². The van der Waals surface area contributed by atoms with E-state index in [0.717, 1.165) is 11.4 Å². The molecule has 0 radical (unpaired) electrons. The number of amides is 1. The number of piperidine rings is 1. The van der Waals surface area contributed by atoms with Gasteiger partial charge in [0.2, 0.25) is 0 Å². The van der Waals surface area contributed by atoms with Crippen LogP contribution in [0.15, 0.2) is 30.5 Å². The average molecular weight is 339 g/mol. The normalized spacial score (nSPS) is 20.2. The Kier molecular flexibility index (Phi) is 4.72. The summed E-state index contributed by atoms with van der Waals surface area (Å²) in [5.41, 5.74) is 3.03. The highest BCUT2D eigenvalue weighted by atomic mass is 16.3. The maximum atomic E-state index is 12.3. The number of nitrogens with zero attached hydrogens (tertiary/aromatic N) is 4. The average Bonchev–Trinajstić information content (AvgIpc) is 2.95. The Balaban J connectivity index is 1.67. The zero-order valence-electron chi connectivity index (χ0n) is 14.3. The topological polar surface area (TPSA) is 94.2 Å². The van der Waals surface area contributed by atoms with Crippen LogP contribution in [0.2, 0.25) is 0 Å². The zero-order valence-corrected chi connectivity index (χ0v) is 14.3. The SMILES string of the molecule is Cc1c(C(=O)Nc2ccc(N3CCC(O)C(C#N)C3)cc2)cnn1C. The molecule has 1 aliphatic rings. The summed E-state index contributed by atoms with van der Waals surface area (Å²) in [6.45, 7) is 3.07. The Morgan fingerprint density at radius 2 is 2.12 bits per heavy atom. The Bertz CT molecular complexity index is 806. The van der Waals surface area contributed by atoms with Crippen molar-refractivity contribution in [2.24, 2.45) is 13.0 Å². The van der Waals surface area contributed by atoms with E-state index in [0.29, 0.717) is 30.8 Å². The fraction of sp³-hybridized carbons (Fsp3) is 0.389. The molecule has 7 nitrogen and oxygen atoms in total. The number of aliphatic hydroxyl groups is 1. The van der Waals surface area contributed by atoms with Gasteiger partial charge in [-0.1, -0.05) is 0 Å². The van der Waals surface area contributed by atoms with E-state index >= 15 is 0 Å². The lowest BCUT2D eigenvalue weighted by Gasteiger charge is -2.34. The van der Waals surface area contributed by atoms with Gasteiger partial charge in [-0.3, -0.25) is 9.48 Å². The van der Waals surface area contributed by atoms with Gasteiger partial charge in [-0.15, -0.1) is 0 Å². The van der Waals surface area contributed by atoms with Crippen molar-refractivity contribution in [2.75, 3.05) is 23.3 Å². The van der Waals surface area contributed by atoms with Crippen LogP contribution in [0.25, 0.3) is 0 Å². The summed E-state index contributed by atoms with van der Waals surface area (Å²) in [5, 5.41) is 25.9. The lowest BCUT2D eigenvalue weighted by Crippen LogP contribution is -2.42. The van der Waals surface area contributed by atoms with Crippen molar-refractivity contribution in [1.29, 1.82) is 5.26 Å². The van der Waals surface area contributed by atoms with Crippen LogP contribution in [0.5, 0.6) is 0 Å². The van der Waals surface area contributed by atoms with E-state index in [4.69, 9.17) is 5.26 Å². The van der Waals surface area contributed by atoms with Gasteiger partial charge < -0.3 is 15.3 Å². The van der Waals surface area contributed by atoms with Crippen LogP contribution in [0.3, 0.4) is 0 Å². The monoisotopic (exact) mass is 339 g/mol. The van der Waals surface area contributed by atoms with Crippen molar-refractivity contribution < 1.29 is 9.90 Å². The van der Waals surface area contributed by atoms with E-state index in [1.807, 2.05) is 31.2 Å². The first kappa shape index (κ1) is 17.0. The molecule has 0 spiro atoms. The Morgan fingerprint density at radius 1 is 1.40 bits per heavy atom. The van der Waals surface area contributed by atoms with E-state index in [1.165, 1.54) is 0 Å². The molecule has 0 aliphatic carbocycles. The summed E-state index contributed by atoms with van der Waals surface area (Å²) < 4.78 is 1.66. The van der Waals surface area contributed by atoms with Crippen molar-refractivity contribution >= 4 is 17.3 Å². The number of nitriles is 1. The van der Waals surface area contributed by atoms with Crippen molar-refractivity contribution in [3.8, 4) is 6.07 Å².